The Morgan fingerprint density at radius 1 is 1.06 bits per heavy atom. The SMILES string of the molecule is CC(C)c1ccc(S(=O)(=O)Nc2ccc(Cl)cc2C(=O)c2ccc(N3CCOCC3)nc2)cc1. The van der Waals surface area contributed by atoms with E-state index in [1.807, 2.05) is 13.8 Å². The molecule has 4 rings (SSSR count). The van der Waals surface area contributed by atoms with E-state index in [0.717, 1.165) is 24.5 Å². The maximum absolute atomic E-state index is 13.3. The molecule has 1 fully saturated rings. The standard InChI is InChI=1S/C25H26ClN3O4S/c1-17(2)18-3-7-21(8-4-18)34(31,32)28-23-9-6-20(26)15-22(23)25(30)19-5-10-24(27-16-19)29-11-13-33-14-12-29/h3-10,15-17,28H,11-14H2,1-2H3. The Morgan fingerprint density at radius 3 is 2.38 bits per heavy atom. The number of nitrogens with zero attached hydrogens (tertiary/aromatic N) is 2. The predicted octanol–water partition coefficient (Wildman–Crippen LogP) is 4.73. The van der Waals surface area contributed by atoms with Crippen LogP contribution in [0.3, 0.4) is 0 Å². The van der Waals surface area contributed by atoms with Gasteiger partial charge in [-0.3, -0.25) is 9.52 Å². The van der Waals surface area contributed by atoms with Crippen molar-refractivity contribution >= 4 is 38.9 Å². The number of anilines is 2. The number of pyridine rings is 1. The van der Waals surface area contributed by atoms with E-state index in [0.29, 0.717) is 23.8 Å². The van der Waals surface area contributed by atoms with Crippen molar-refractivity contribution in [2.24, 2.45) is 0 Å². The molecule has 0 saturated carbocycles. The molecule has 7 nitrogen and oxygen atoms in total. The highest BCUT2D eigenvalue weighted by atomic mass is 35.5. The van der Waals surface area contributed by atoms with Crippen LogP contribution in [0.25, 0.3) is 0 Å². The van der Waals surface area contributed by atoms with Crippen LogP contribution in [0.1, 0.15) is 41.3 Å². The second kappa shape index (κ2) is 10.1. The van der Waals surface area contributed by atoms with Crippen LogP contribution in [-0.2, 0) is 14.8 Å². The molecule has 178 valence electrons. The number of benzene rings is 2. The molecule has 1 N–H and O–H groups in total. The van der Waals surface area contributed by atoms with Gasteiger partial charge >= 0.3 is 0 Å². The number of carbonyl (C=O) groups excluding carboxylic acids is 1. The summed E-state index contributed by atoms with van der Waals surface area (Å²) in [6.07, 6.45) is 1.50. The predicted molar refractivity (Wildman–Crippen MR) is 133 cm³/mol. The Morgan fingerprint density at radius 2 is 1.76 bits per heavy atom. The van der Waals surface area contributed by atoms with E-state index in [2.05, 4.69) is 14.6 Å². The number of morpholine rings is 1. The molecule has 0 aliphatic carbocycles. The second-order valence-electron chi connectivity index (χ2n) is 8.35. The number of rotatable bonds is 7. The monoisotopic (exact) mass is 499 g/mol. The fraction of sp³-hybridized carbons (Fsp3) is 0.280. The third kappa shape index (κ3) is 5.41. The van der Waals surface area contributed by atoms with Crippen molar-refractivity contribution in [3.05, 3.63) is 82.5 Å². The number of carbonyl (C=O) groups is 1. The molecule has 9 heteroatoms. The van der Waals surface area contributed by atoms with Gasteiger partial charge in [0.15, 0.2) is 5.78 Å². The minimum Gasteiger partial charge on any atom is -0.378 e. The molecule has 0 spiro atoms. The largest absolute Gasteiger partial charge is 0.378 e. The van der Waals surface area contributed by atoms with Crippen LogP contribution in [-0.4, -0.2) is 45.5 Å². The molecule has 34 heavy (non-hydrogen) atoms. The fourth-order valence-corrected chi connectivity index (χ4v) is 4.94. The first-order valence-electron chi connectivity index (χ1n) is 11.0. The third-order valence-corrected chi connectivity index (χ3v) is 7.29. The lowest BCUT2D eigenvalue weighted by molar-refractivity contribution is 0.103. The second-order valence-corrected chi connectivity index (χ2v) is 10.5. The first kappa shape index (κ1) is 24.2. The van der Waals surface area contributed by atoms with E-state index < -0.39 is 10.0 Å². The zero-order valence-electron chi connectivity index (χ0n) is 19.0. The number of aromatic nitrogens is 1. The number of nitrogens with one attached hydrogen (secondary N) is 1. The van der Waals surface area contributed by atoms with Crippen LogP contribution in [0.5, 0.6) is 0 Å². The summed E-state index contributed by atoms with van der Waals surface area (Å²) >= 11 is 6.15. The highest BCUT2D eigenvalue weighted by Gasteiger charge is 2.21. The summed E-state index contributed by atoms with van der Waals surface area (Å²) < 4.78 is 33.9. The van der Waals surface area contributed by atoms with Gasteiger partial charge in [-0.25, -0.2) is 13.4 Å². The number of sulfonamides is 1. The van der Waals surface area contributed by atoms with Gasteiger partial charge < -0.3 is 9.64 Å². The van der Waals surface area contributed by atoms with Crippen molar-refractivity contribution in [1.82, 2.24) is 4.98 Å². The highest BCUT2D eigenvalue weighted by Crippen LogP contribution is 2.27. The van der Waals surface area contributed by atoms with Crippen molar-refractivity contribution in [2.75, 3.05) is 35.9 Å². The summed E-state index contributed by atoms with van der Waals surface area (Å²) in [5.74, 6) is 0.668. The van der Waals surface area contributed by atoms with Crippen LogP contribution in [0, 0.1) is 0 Å². The van der Waals surface area contributed by atoms with Gasteiger partial charge in [0.25, 0.3) is 10.0 Å². The summed E-state index contributed by atoms with van der Waals surface area (Å²) in [7, 11) is -3.91. The van der Waals surface area contributed by atoms with Crippen LogP contribution in [0.2, 0.25) is 5.02 Å². The van der Waals surface area contributed by atoms with Crippen molar-refractivity contribution in [3.63, 3.8) is 0 Å². The molecule has 1 aliphatic heterocycles. The van der Waals surface area contributed by atoms with Gasteiger partial charge in [-0.15, -0.1) is 0 Å². The van der Waals surface area contributed by atoms with Crippen LogP contribution < -0.4 is 9.62 Å². The minimum absolute atomic E-state index is 0.113. The quantitative estimate of drug-likeness (QED) is 0.473. The fourth-order valence-electron chi connectivity index (χ4n) is 3.68. The summed E-state index contributed by atoms with van der Waals surface area (Å²) in [4.78, 5) is 19.9. The van der Waals surface area contributed by atoms with Gasteiger partial charge in [-0.05, 0) is 53.9 Å². The number of halogens is 1. The van der Waals surface area contributed by atoms with E-state index >= 15 is 0 Å². The number of hydrogen-bond acceptors (Lipinski definition) is 6. The smallest absolute Gasteiger partial charge is 0.261 e. The van der Waals surface area contributed by atoms with Crippen molar-refractivity contribution < 1.29 is 17.9 Å². The first-order chi connectivity index (χ1) is 16.2. The molecular weight excluding hydrogens is 474 g/mol. The van der Waals surface area contributed by atoms with E-state index in [1.54, 1.807) is 36.4 Å². The average Bonchev–Trinajstić information content (AvgIpc) is 2.85. The van der Waals surface area contributed by atoms with Crippen molar-refractivity contribution in [3.8, 4) is 0 Å². The highest BCUT2D eigenvalue weighted by molar-refractivity contribution is 7.92. The van der Waals surface area contributed by atoms with Crippen LogP contribution in [0.15, 0.2) is 65.7 Å². The molecule has 1 saturated heterocycles. The van der Waals surface area contributed by atoms with E-state index in [9.17, 15) is 13.2 Å². The normalized spacial score (nSPS) is 14.3. The zero-order valence-corrected chi connectivity index (χ0v) is 20.6. The molecule has 0 unspecified atom stereocenters. The number of ether oxygens (including phenoxy) is 1. The lowest BCUT2D eigenvalue weighted by atomic mass is 10.0. The maximum atomic E-state index is 13.3. The van der Waals surface area contributed by atoms with E-state index in [4.69, 9.17) is 16.3 Å². The lowest BCUT2D eigenvalue weighted by Crippen LogP contribution is -2.36. The Labute approximate surface area is 204 Å². The topological polar surface area (TPSA) is 88.6 Å². The van der Waals surface area contributed by atoms with Gasteiger partial charge in [-0.2, -0.15) is 0 Å². The summed E-state index contributed by atoms with van der Waals surface area (Å²) in [6, 6.07) is 14.6. The first-order valence-corrected chi connectivity index (χ1v) is 12.9. The summed E-state index contributed by atoms with van der Waals surface area (Å²) in [5.41, 5.74) is 1.67. The Bertz CT molecular complexity index is 1270. The summed E-state index contributed by atoms with van der Waals surface area (Å²) in [6.45, 7) is 6.81. The van der Waals surface area contributed by atoms with E-state index in [-0.39, 0.29) is 27.8 Å². The van der Waals surface area contributed by atoms with Gasteiger partial charge in [0.2, 0.25) is 0 Å². The van der Waals surface area contributed by atoms with Gasteiger partial charge in [0, 0.05) is 35.4 Å². The van der Waals surface area contributed by atoms with Crippen molar-refractivity contribution in [2.45, 2.75) is 24.7 Å². The molecule has 0 atom stereocenters. The lowest BCUT2D eigenvalue weighted by Gasteiger charge is -2.27. The molecule has 1 aromatic heterocycles. The molecule has 2 aromatic carbocycles. The maximum Gasteiger partial charge on any atom is 0.261 e. The molecule has 2 heterocycles. The molecule has 0 bridgehead atoms. The third-order valence-electron chi connectivity index (χ3n) is 5.67. The Hall–Kier alpha value is -2.94. The molecule has 3 aromatic rings. The average molecular weight is 500 g/mol. The molecule has 0 radical (unpaired) electrons. The van der Waals surface area contributed by atoms with E-state index in [1.165, 1.54) is 24.4 Å². The molecule has 1 aliphatic rings. The van der Waals surface area contributed by atoms with Gasteiger partial charge in [0.05, 0.1) is 23.8 Å². The zero-order chi connectivity index (χ0) is 24.3. The Balaban J connectivity index is 1.59. The van der Waals surface area contributed by atoms with Crippen molar-refractivity contribution in [1.29, 1.82) is 0 Å². The minimum atomic E-state index is -3.91. The van der Waals surface area contributed by atoms with Crippen LogP contribution in [0.4, 0.5) is 11.5 Å². The molecular formula is C25H26ClN3O4S. The van der Waals surface area contributed by atoms with Gasteiger partial charge in [0.1, 0.15) is 5.82 Å². The van der Waals surface area contributed by atoms with Crippen LogP contribution >= 0.6 is 11.6 Å². The Kier molecular flexibility index (Phi) is 7.21. The number of hydrogen-bond donors (Lipinski definition) is 1. The van der Waals surface area contributed by atoms with Gasteiger partial charge in [-0.1, -0.05) is 37.6 Å². The number of ketones is 1. The molecule has 0 amide bonds. The summed E-state index contributed by atoms with van der Waals surface area (Å²) in [5, 5.41) is 0.325.